The normalized spacial score (nSPS) is 11.8. The van der Waals surface area contributed by atoms with E-state index in [4.69, 9.17) is 0 Å². The van der Waals surface area contributed by atoms with Gasteiger partial charge in [0, 0.05) is 22.4 Å². The SMILES string of the molecule is CCCC(=O)Nc1ccc(SC(C)C(=O)Nc2nc(-c3cccs3)cs2)cc1. The molecule has 2 heterocycles. The first-order valence-corrected chi connectivity index (χ1v) is 11.6. The van der Waals surface area contributed by atoms with Crippen molar-refractivity contribution in [1.82, 2.24) is 4.98 Å². The lowest BCUT2D eigenvalue weighted by Crippen LogP contribution is -2.22. The lowest BCUT2D eigenvalue weighted by atomic mass is 10.3. The molecule has 1 atom stereocenters. The minimum absolute atomic E-state index is 0.0148. The minimum atomic E-state index is -0.269. The van der Waals surface area contributed by atoms with Gasteiger partial charge in [-0.2, -0.15) is 0 Å². The van der Waals surface area contributed by atoms with Crippen LogP contribution in [0.25, 0.3) is 10.6 Å². The number of thiazole rings is 1. The van der Waals surface area contributed by atoms with E-state index in [1.165, 1.54) is 23.1 Å². The zero-order valence-electron chi connectivity index (χ0n) is 15.6. The molecule has 0 fully saturated rings. The Morgan fingerprint density at radius 3 is 2.61 bits per heavy atom. The predicted molar refractivity (Wildman–Crippen MR) is 119 cm³/mol. The van der Waals surface area contributed by atoms with Crippen LogP contribution in [0.4, 0.5) is 10.8 Å². The van der Waals surface area contributed by atoms with Gasteiger partial charge in [0.1, 0.15) is 0 Å². The Morgan fingerprint density at radius 1 is 1.14 bits per heavy atom. The number of anilines is 2. The highest BCUT2D eigenvalue weighted by Gasteiger charge is 2.16. The van der Waals surface area contributed by atoms with Crippen molar-refractivity contribution < 1.29 is 9.59 Å². The van der Waals surface area contributed by atoms with Gasteiger partial charge in [-0.1, -0.05) is 13.0 Å². The topological polar surface area (TPSA) is 71.1 Å². The minimum Gasteiger partial charge on any atom is -0.326 e. The van der Waals surface area contributed by atoms with Crippen molar-refractivity contribution >= 4 is 57.1 Å². The summed E-state index contributed by atoms with van der Waals surface area (Å²) >= 11 is 4.52. The Balaban J connectivity index is 1.53. The lowest BCUT2D eigenvalue weighted by Gasteiger charge is -2.11. The average Bonchev–Trinajstić information content (AvgIpc) is 3.35. The summed E-state index contributed by atoms with van der Waals surface area (Å²) < 4.78 is 0. The molecule has 146 valence electrons. The highest BCUT2D eigenvalue weighted by atomic mass is 32.2. The number of nitrogens with one attached hydrogen (secondary N) is 2. The molecule has 0 radical (unpaired) electrons. The zero-order valence-corrected chi connectivity index (χ0v) is 18.0. The number of hydrogen-bond acceptors (Lipinski definition) is 6. The van der Waals surface area contributed by atoms with Crippen LogP contribution in [0.2, 0.25) is 0 Å². The van der Waals surface area contributed by atoms with Gasteiger partial charge in [0.25, 0.3) is 0 Å². The first-order valence-electron chi connectivity index (χ1n) is 8.92. The van der Waals surface area contributed by atoms with E-state index in [9.17, 15) is 9.59 Å². The smallest absolute Gasteiger partial charge is 0.239 e. The van der Waals surface area contributed by atoms with Crippen molar-refractivity contribution in [3.8, 4) is 10.6 Å². The van der Waals surface area contributed by atoms with Gasteiger partial charge < -0.3 is 10.6 Å². The molecule has 2 N–H and O–H groups in total. The van der Waals surface area contributed by atoms with Gasteiger partial charge in [0.05, 0.1) is 15.8 Å². The number of carbonyl (C=O) groups excluding carboxylic acids is 2. The Hall–Kier alpha value is -2.16. The fraction of sp³-hybridized carbons (Fsp3) is 0.250. The van der Waals surface area contributed by atoms with Crippen molar-refractivity contribution in [2.24, 2.45) is 0 Å². The maximum Gasteiger partial charge on any atom is 0.239 e. The van der Waals surface area contributed by atoms with Crippen molar-refractivity contribution in [1.29, 1.82) is 0 Å². The van der Waals surface area contributed by atoms with Gasteiger partial charge in [-0.05, 0) is 49.1 Å². The van der Waals surface area contributed by atoms with Crippen molar-refractivity contribution in [3.05, 3.63) is 47.2 Å². The third kappa shape index (κ3) is 5.67. The number of aromatic nitrogens is 1. The summed E-state index contributed by atoms with van der Waals surface area (Å²) in [6.07, 6.45) is 1.33. The molecule has 2 amide bonds. The third-order valence-corrected chi connectivity index (χ3v) is 6.57. The second kappa shape index (κ2) is 9.86. The van der Waals surface area contributed by atoms with Gasteiger partial charge in [-0.25, -0.2) is 4.98 Å². The van der Waals surface area contributed by atoms with E-state index in [1.54, 1.807) is 11.3 Å². The third-order valence-electron chi connectivity index (χ3n) is 3.81. The maximum atomic E-state index is 12.5. The van der Waals surface area contributed by atoms with Crippen LogP contribution in [0.3, 0.4) is 0 Å². The fourth-order valence-electron chi connectivity index (χ4n) is 2.40. The molecule has 1 aromatic carbocycles. The zero-order chi connectivity index (χ0) is 19.9. The standard InChI is InChI=1S/C20H21N3O2S3/c1-3-5-18(24)21-14-7-9-15(10-8-14)28-13(2)19(25)23-20-22-16(12-27-20)17-6-4-11-26-17/h4,6-13H,3,5H2,1-2H3,(H,21,24)(H,22,23,25). The molecule has 0 spiro atoms. The fourth-order valence-corrected chi connectivity index (χ4v) is 4.74. The molecule has 3 aromatic rings. The van der Waals surface area contributed by atoms with E-state index in [-0.39, 0.29) is 17.1 Å². The Bertz CT molecular complexity index is 921. The molecule has 28 heavy (non-hydrogen) atoms. The summed E-state index contributed by atoms with van der Waals surface area (Å²) in [5.41, 5.74) is 1.65. The van der Waals surface area contributed by atoms with Gasteiger partial charge >= 0.3 is 0 Å². The lowest BCUT2D eigenvalue weighted by molar-refractivity contribution is -0.116. The molecule has 1 unspecified atom stereocenters. The van der Waals surface area contributed by atoms with Crippen LogP contribution in [0, 0.1) is 0 Å². The van der Waals surface area contributed by atoms with Gasteiger partial charge in [0.2, 0.25) is 11.8 Å². The van der Waals surface area contributed by atoms with Crippen molar-refractivity contribution in [2.45, 2.75) is 36.8 Å². The summed E-state index contributed by atoms with van der Waals surface area (Å²) in [4.78, 5) is 30.7. The number of carbonyl (C=O) groups is 2. The monoisotopic (exact) mass is 431 g/mol. The Kier molecular flexibility index (Phi) is 7.24. The summed E-state index contributed by atoms with van der Waals surface area (Å²) in [5, 5.41) is 10.0. The number of thiophene rings is 1. The number of amides is 2. The second-order valence-electron chi connectivity index (χ2n) is 6.09. The van der Waals surface area contributed by atoms with Crippen LogP contribution in [-0.2, 0) is 9.59 Å². The quantitative estimate of drug-likeness (QED) is 0.447. The highest BCUT2D eigenvalue weighted by Crippen LogP contribution is 2.29. The van der Waals surface area contributed by atoms with E-state index in [0.29, 0.717) is 11.6 Å². The number of nitrogens with zero attached hydrogens (tertiary/aromatic N) is 1. The Labute approximate surface area is 176 Å². The molecule has 0 bridgehead atoms. The number of rotatable bonds is 8. The summed E-state index contributed by atoms with van der Waals surface area (Å²) in [6, 6.07) is 11.5. The van der Waals surface area contributed by atoms with Crippen LogP contribution in [0.5, 0.6) is 0 Å². The number of benzene rings is 1. The maximum absolute atomic E-state index is 12.5. The average molecular weight is 432 g/mol. The highest BCUT2D eigenvalue weighted by molar-refractivity contribution is 8.00. The van der Waals surface area contributed by atoms with Gasteiger partial charge in [-0.15, -0.1) is 34.4 Å². The van der Waals surface area contributed by atoms with Crippen LogP contribution in [-0.4, -0.2) is 22.0 Å². The molecule has 3 rings (SSSR count). The van der Waals surface area contributed by atoms with E-state index < -0.39 is 0 Å². The summed E-state index contributed by atoms with van der Waals surface area (Å²) in [5.74, 6) is -0.0709. The summed E-state index contributed by atoms with van der Waals surface area (Å²) in [7, 11) is 0. The molecule has 0 aliphatic carbocycles. The van der Waals surface area contributed by atoms with Crippen molar-refractivity contribution in [2.75, 3.05) is 10.6 Å². The molecule has 0 saturated heterocycles. The van der Waals surface area contributed by atoms with Gasteiger partial charge in [-0.3, -0.25) is 9.59 Å². The van der Waals surface area contributed by atoms with E-state index in [0.717, 1.165) is 27.6 Å². The molecule has 0 saturated carbocycles. The van der Waals surface area contributed by atoms with Crippen LogP contribution < -0.4 is 10.6 Å². The molecule has 2 aromatic heterocycles. The van der Waals surface area contributed by atoms with Crippen LogP contribution >= 0.6 is 34.4 Å². The number of thioether (sulfide) groups is 1. The molecular formula is C20H21N3O2S3. The molecule has 8 heteroatoms. The molecule has 5 nitrogen and oxygen atoms in total. The first kappa shape index (κ1) is 20.6. The van der Waals surface area contributed by atoms with Crippen LogP contribution in [0.15, 0.2) is 52.1 Å². The van der Waals surface area contributed by atoms with E-state index >= 15 is 0 Å². The molecular weight excluding hydrogens is 410 g/mol. The van der Waals surface area contributed by atoms with Crippen LogP contribution in [0.1, 0.15) is 26.7 Å². The molecule has 0 aliphatic rings. The van der Waals surface area contributed by atoms with Gasteiger partial charge in [0.15, 0.2) is 5.13 Å². The molecule has 0 aliphatic heterocycles. The van der Waals surface area contributed by atoms with E-state index in [2.05, 4.69) is 15.6 Å². The number of hydrogen-bond donors (Lipinski definition) is 2. The summed E-state index contributed by atoms with van der Waals surface area (Å²) in [6.45, 7) is 3.84. The Morgan fingerprint density at radius 2 is 1.93 bits per heavy atom. The first-order chi connectivity index (χ1) is 13.5. The predicted octanol–water partition coefficient (Wildman–Crippen LogP) is 5.73. The second-order valence-corrected chi connectivity index (χ2v) is 9.31. The largest absolute Gasteiger partial charge is 0.326 e. The van der Waals surface area contributed by atoms with E-state index in [1.807, 2.05) is 61.0 Å². The van der Waals surface area contributed by atoms with Crippen molar-refractivity contribution in [3.63, 3.8) is 0 Å².